The van der Waals surface area contributed by atoms with E-state index in [4.69, 9.17) is 4.98 Å². The molecule has 10 aromatic rings. The van der Waals surface area contributed by atoms with Gasteiger partial charge in [-0.2, -0.15) is 5.26 Å². The number of pyridine rings is 1. The van der Waals surface area contributed by atoms with E-state index < -0.39 is 0 Å². The van der Waals surface area contributed by atoms with Gasteiger partial charge in [-0.15, -0.1) is 11.3 Å². The molecule has 7 aromatic carbocycles. The van der Waals surface area contributed by atoms with Crippen molar-refractivity contribution in [3.8, 4) is 34.1 Å². The first kappa shape index (κ1) is 26.9. The molecule has 0 bridgehead atoms. The highest BCUT2D eigenvalue weighted by Gasteiger charge is 2.23. The van der Waals surface area contributed by atoms with E-state index in [0.29, 0.717) is 5.56 Å². The van der Waals surface area contributed by atoms with Crippen molar-refractivity contribution in [3.05, 3.63) is 157 Å². The van der Waals surface area contributed by atoms with Crippen LogP contribution in [0.4, 0.5) is 0 Å². The Morgan fingerprint density at radius 2 is 1.19 bits per heavy atom. The minimum absolute atomic E-state index is 0.630. The molecular weight excluding hydrogens is 603 g/mol. The average molecular weight is 628 g/mol. The second-order valence-corrected chi connectivity index (χ2v) is 13.3. The summed E-state index contributed by atoms with van der Waals surface area (Å²) < 4.78 is 4.88. The highest BCUT2D eigenvalue weighted by Crippen LogP contribution is 2.43. The van der Waals surface area contributed by atoms with Gasteiger partial charge in [0.1, 0.15) is 11.9 Å². The molecule has 10 rings (SSSR count). The number of benzene rings is 7. The average Bonchev–Trinajstić information content (AvgIpc) is 3.69. The zero-order valence-electron chi connectivity index (χ0n) is 25.7. The van der Waals surface area contributed by atoms with Crippen molar-refractivity contribution in [3.63, 3.8) is 0 Å². The molecule has 3 nitrogen and oxygen atoms in total. The number of rotatable bonds is 3. The zero-order chi connectivity index (χ0) is 31.8. The molecule has 48 heavy (non-hydrogen) atoms. The summed E-state index contributed by atoms with van der Waals surface area (Å²) >= 11 is 1.84. The number of para-hydroxylation sites is 1. The molecule has 0 unspecified atom stereocenters. The van der Waals surface area contributed by atoms with Crippen LogP contribution in [0.15, 0.2) is 152 Å². The fourth-order valence-corrected chi connectivity index (χ4v) is 8.55. The van der Waals surface area contributed by atoms with Gasteiger partial charge in [-0.3, -0.25) is 4.57 Å². The van der Waals surface area contributed by atoms with Gasteiger partial charge in [-0.1, -0.05) is 109 Å². The van der Waals surface area contributed by atoms with E-state index >= 15 is 0 Å². The standard InChI is InChI=1S/C44H25N3S/c45-26-36-32-14-6-8-16-37(32)46-44(42(36)28-11-2-1-3-12-28)47-38-21-19-29(25-35(38)43-31-13-5-4-10-27(31)18-22-39(43)47)30-20-23-41-34(24-30)33-15-7-9-17-40(33)48-41/h1-25H. The van der Waals surface area contributed by atoms with Gasteiger partial charge in [0.25, 0.3) is 0 Å². The highest BCUT2D eigenvalue weighted by molar-refractivity contribution is 7.25. The summed E-state index contributed by atoms with van der Waals surface area (Å²) in [5, 5.41) is 18.8. The van der Waals surface area contributed by atoms with Crippen molar-refractivity contribution in [1.82, 2.24) is 9.55 Å². The van der Waals surface area contributed by atoms with Crippen LogP contribution in [0, 0.1) is 11.3 Å². The summed E-state index contributed by atoms with van der Waals surface area (Å²) in [4.78, 5) is 5.33. The van der Waals surface area contributed by atoms with Crippen molar-refractivity contribution in [2.45, 2.75) is 0 Å². The Morgan fingerprint density at radius 1 is 0.521 bits per heavy atom. The minimum Gasteiger partial charge on any atom is -0.293 e. The predicted octanol–water partition coefficient (Wildman–Crippen LogP) is 12.1. The van der Waals surface area contributed by atoms with Crippen LogP contribution in [0.25, 0.3) is 91.7 Å². The summed E-state index contributed by atoms with van der Waals surface area (Å²) in [6, 6.07) is 56.0. The number of hydrogen-bond donors (Lipinski definition) is 0. The molecule has 0 aliphatic rings. The monoisotopic (exact) mass is 627 g/mol. The fraction of sp³-hybridized carbons (Fsp3) is 0. The van der Waals surface area contributed by atoms with Gasteiger partial charge in [-0.05, 0) is 69.9 Å². The maximum atomic E-state index is 10.7. The van der Waals surface area contributed by atoms with Gasteiger partial charge in [0, 0.05) is 41.9 Å². The lowest BCUT2D eigenvalue weighted by atomic mass is 9.97. The minimum atomic E-state index is 0.630. The third-order valence-corrected chi connectivity index (χ3v) is 10.8. The summed E-state index contributed by atoms with van der Waals surface area (Å²) in [7, 11) is 0. The zero-order valence-corrected chi connectivity index (χ0v) is 26.5. The molecule has 0 aliphatic carbocycles. The SMILES string of the molecule is N#Cc1c(-c2ccccc2)c(-n2c3ccc(-c4ccc5sc6ccccc6c5c4)cc3c3c4ccccc4ccc32)nc2ccccc12. The van der Waals surface area contributed by atoms with Gasteiger partial charge < -0.3 is 0 Å². The predicted molar refractivity (Wildman–Crippen MR) is 202 cm³/mol. The topological polar surface area (TPSA) is 41.6 Å². The molecule has 0 amide bonds. The van der Waals surface area contributed by atoms with E-state index in [1.807, 2.05) is 53.8 Å². The lowest BCUT2D eigenvalue weighted by molar-refractivity contribution is 1.10. The first-order valence-corrected chi connectivity index (χ1v) is 16.8. The maximum Gasteiger partial charge on any atom is 0.147 e. The molecule has 3 aromatic heterocycles. The highest BCUT2D eigenvalue weighted by atomic mass is 32.1. The Hall–Kier alpha value is -6.28. The Kier molecular flexibility index (Phi) is 5.81. The quantitative estimate of drug-likeness (QED) is 0.196. The molecule has 0 atom stereocenters. The molecule has 0 N–H and O–H groups in total. The second-order valence-electron chi connectivity index (χ2n) is 12.2. The van der Waals surface area contributed by atoms with Crippen molar-refractivity contribution in [1.29, 1.82) is 5.26 Å². The number of nitriles is 1. The van der Waals surface area contributed by atoms with E-state index in [1.165, 1.54) is 47.5 Å². The first-order valence-electron chi connectivity index (χ1n) is 16.0. The number of aromatic nitrogens is 2. The van der Waals surface area contributed by atoms with Crippen molar-refractivity contribution in [2.75, 3.05) is 0 Å². The third-order valence-electron chi connectivity index (χ3n) is 9.62. The maximum absolute atomic E-state index is 10.7. The van der Waals surface area contributed by atoms with Crippen LogP contribution in [-0.4, -0.2) is 9.55 Å². The molecule has 4 heteroatoms. The summed E-state index contributed by atoms with van der Waals surface area (Å²) in [6.07, 6.45) is 0. The van der Waals surface area contributed by atoms with E-state index in [0.717, 1.165) is 44.3 Å². The smallest absolute Gasteiger partial charge is 0.147 e. The van der Waals surface area contributed by atoms with Crippen LogP contribution >= 0.6 is 11.3 Å². The number of nitrogens with zero attached hydrogens (tertiary/aromatic N) is 3. The van der Waals surface area contributed by atoms with Gasteiger partial charge >= 0.3 is 0 Å². The van der Waals surface area contributed by atoms with Crippen LogP contribution in [0.3, 0.4) is 0 Å². The van der Waals surface area contributed by atoms with E-state index in [-0.39, 0.29) is 0 Å². The fourth-order valence-electron chi connectivity index (χ4n) is 7.46. The Morgan fingerprint density at radius 3 is 2.04 bits per heavy atom. The molecular formula is C44H25N3S. The largest absolute Gasteiger partial charge is 0.293 e. The molecule has 0 radical (unpaired) electrons. The third kappa shape index (κ3) is 3.89. The van der Waals surface area contributed by atoms with Crippen LogP contribution < -0.4 is 0 Å². The summed E-state index contributed by atoms with van der Waals surface area (Å²) in [5.74, 6) is 0.755. The summed E-state index contributed by atoms with van der Waals surface area (Å²) in [6.45, 7) is 0. The lowest BCUT2D eigenvalue weighted by Crippen LogP contribution is -2.04. The van der Waals surface area contributed by atoms with Crippen LogP contribution in [0.2, 0.25) is 0 Å². The lowest BCUT2D eigenvalue weighted by Gasteiger charge is -2.16. The van der Waals surface area contributed by atoms with Crippen molar-refractivity contribution >= 4 is 75.0 Å². The van der Waals surface area contributed by atoms with Gasteiger partial charge in [0.05, 0.1) is 22.1 Å². The Labute approximate surface area is 280 Å². The van der Waals surface area contributed by atoms with Gasteiger partial charge in [0.2, 0.25) is 0 Å². The van der Waals surface area contributed by atoms with Crippen LogP contribution in [0.5, 0.6) is 0 Å². The number of fused-ring (bicyclic) bond motifs is 9. The van der Waals surface area contributed by atoms with E-state index in [2.05, 4.69) is 120 Å². The molecule has 0 fully saturated rings. The molecule has 0 spiro atoms. The van der Waals surface area contributed by atoms with Gasteiger partial charge in [0.15, 0.2) is 0 Å². The molecule has 0 saturated heterocycles. The molecule has 0 saturated carbocycles. The molecule has 222 valence electrons. The first-order chi connectivity index (χ1) is 23.8. The normalized spacial score (nSPS) is 11.7. The Balaban J connectivity index is 1.32. The Bertz CT molecular complexity index is 2960. The van der Waals surface area contributed by atoms with E-state index in [9.17, 15) is 5.26 Å². The second kappa shape index (κ2) is 10.4. The van der Waals surface area contributed by atoms with Crippen molar-refractivity contribution in [2.24, 2.45) is 0 Å². The number of hydrogen-bond acceptors (Lipinski definition) is 3. The summed E-state index contributed by atoms with van der Waals surface area (Å²) in [5.41, 5.74) is 7.69. The van der Waals surface area contributed by atoms with Gasteiger partial charge in [-0.25, -0.2) is 4.98 Å². The van der Waals surface area contributed by atoms with E-state index in [1.54, 1.807) is 0 Å². The number of thiophene rings is 1. The van der Waals surface area contributed by atoms with Crippen molar-refractivity contribution < 1.29 is 0 Å². The van der Waals surface area contributed by atoms with Crippen LogP contribution in [-0.2, 0) is 0 Å². The molecule has 0 aliphatic heterocycles. The molecule has 3 heterocycles. The van der Waals surface area contributed by atoms with Crippen LogP contribution in [0.1, 0.15) is 5.56 Å².